The molecule has 0 aromatic rings. The number of rotatable bonds is 1. The topological polar surface area (TPSA) is 59.1 Å². The number of urea groups is 1. The minimum absolute atomic E-state index is 0.0269. The van der Waals surface area contributed by atoms with E-state index >= 15 is 0 Å². The molecule has 2 aliphatic rings. The van der Waals surface area contributed by atoms with Crippen molar-refractivity contribution in [2.24, 2.45) is 0 Å². The van der Waals surface area contributed by atoms with Gasteiger partial charge in [0.05, 0.1) is 20.3 Å². The molecule has 2 amide bonds. The van der Waals surface area contributed by atoms with Gasteiger partial charge in [-0.2, -0.15) is 0 Å². The maximum Gasteiger partial charge on any atom is 0.336 e. The van der Waals surface area contributed by atoms with Crippen LogP contribution in [0.2, 0.25) is 0 Å². The molecule has 0 bridgehead atoms. The van der Waals surface area contributed by atoms with Crippen LogP contribution in [-0.4, -0.2) is 67.8 Å². The van der Waals surface area contributed by atoms with Crippen LogP contribution in [0.4, 0.5) is 4.79 Å². The van der Waals surface area contributed by atoms with Gasteiger partial charge in [-0.05, 0) is 12.8 Å². The number of esters is 1. The van der Waals surface area contributed by atoms with Gasteiger partial charge >= 0.3 is 12.0 Å². The van der Waals surface area contributed by atoms with Gasteiger partial charge < -0.3 is 19.3 Å². The maximum atomic E-state index is 12.4. The lowest BCUT2D eigenvalue weighted by molar-refractivity contribution is -0.158. The molecule has 2 saturated heterocycles. The number of amides is 2. The molecule has 0 N–H and O–H groups in total. The number of morpholine rings is 1. The van der Waals surface area contributed by atoms with Gasteiger partial charge in [0.25, 0.3) is 0 Å². The van der Waals surface area contributed by atoms with Crippen molar-refractivity contribution in [1.82, 2.24) is 9.80 Å². The monoisotopic (exact) mass is 270 g/mol. The first-order valence-corrected chi connectivity index (χ1v) is 6.95. The molecule has 2 aliphatic heterocycles. The van der Waals surface area contributed by atoms with Crippen molar-refractivity contribution in [3.05, 3.63) is 0 Å². The lowest BCUT2D eigenvalue weighted by Crippen LogP contribution is -2.53. The second-order valence-electron chi connectivity index (χ2n) is 5.01. The first-order valence-electron chi connectivity index (χ1n) is 6.95. The normalized spacial score (nSPS) is 24.8. The highest BCUT2D eigenvalue weighted by atomic mass is 16.6. The van der Waals surface area contributed by atoms with Crippen LogP contribution in [0.3, 0.4) is 0 Å². The van der Waals surface area contributed by atoms with Crippen molar-refractivity contribution in [3.8, 4) is 0 Å². The Balaban J connectivity index is 1.92. The van der Waals surface area contributed by atoms with E-state index in [0.29, 0.717) is 19.7 Å². The summed E-state index contributed by atoms with van der Waals surface area (Å²) < 4.78 is 10.0. The van der Waals surface area contributed by atoms with E-state index in [-0.39, 0.29) is 6.03 Å². The van der Waals surface area contributed by atoms with Crippen molar-refractivity contribution in [3.63, 3.8) is 0 Å². The summed E-state index contributed by atoms with van der Waals surface area (Å²) in [5.41, 5.74) is 0. The summed E-state index contributed by atoms with van der Waals surface area (Å²) in [6.45, 7) is 2.86. The second kappa shape index (κ2) is 6.75. The summed E-state index contributed by atoms with van der Waals surface area (Å²) in [7, 11) is 1.33. The first kappa shape index (κ1) is 14.1. The molecule has 108 valence electrons. The average molecular weight is 270 g/mol. The SMILES string of the molecule is COC(=O)C1CN(C(=O)N2CCCCCC2)CCO1. The zero-order valence-corrected chi connectivity index (χ0v) is 11.5. The Labute approximate surface area is 113 Å². The number of carbonyl (C=O) groups excluding carboxylic acids is 2. The molecule has 0 aliphatic carbocycles. The van der Waals surface area contributed by atoms with E-state index in [1.54, 1.807) is 4.90 Å². The highest BCUT2D eigenvalue weighted by molar-refractivity contribution is 5.78. The molecule has 2 fully saturated rings. The Morgan fingerprint density at radius 3 is 2.37 bits per heavy atom. The van der Waals surface area contributed by atoms with E-state index in [1.807, 2.05) is 4.90 Å². The fraction of sp³-hybridized carbons (Fsp3) is 0.846. The van der Waals surface area contributed by atoms with E-state index < -0.39 is 12.1 Å². The number of hydrogen-bond donors (Lipinski definition) is 0. The smallest absolute Gasteiger partial charge is 0.336 e. The quantitative estimate of drug-likeness (QED) is 0.663. The molecule has 0 aromatic carbocycles. The van der Waals surface area contributed by atoms with E-state index in [2.05, 4.69) is 4.74 Å². The number of hydrogen-bond acceptors (Lipinski definition) is 4. The average Bonchev–Trinajstić information content (AvgIpc) is 2.75. The zero-order chi connectivity index (χ0) is 13.7. The van der Waals surface area contributed by atoms with Crippen LogP contribution in [0.1, 0.15) is 25.7 Å². The predicted octanol–water partition coefficient (Wildman–Crippen LogP) is 0.856. The molecule has 2 heterocycles. The fourth-order valence-electron chi connectivity index (χ4n) is 2.56. The van der Waals surface area contributed by atoms with Gasteiger partial charge in [-0.25, -0.2) is 9.59 Å². The summed E-state index contributed by atoms with van der Waals surface area (Å²) in [6.07, 6.45) is 3.87. The zero-order valence-electron chi connectivity index (χ0n) is 11.5. The summed E-state index contributed by atoms with van der Waals surface area (Å²) in [5.74, 6) is -0.409. The highest BCUT2D eigenvalue weighted by Crippen LogP contribution is 2.14. The van der Waals surface area contributed by atoms with Gasteiger partial charge in [0.1, 0.15) is 0 Å². The van der Waals surface area contributed by atoms with Gasteiger partial charge in [0.2, 0.25) is 0 Å². The Hall–Kier alpha value is -1.30. The van der Waals surface area contributed by atoms with Crippen molar-refractivity contribution < 1.29 is 19.1 Å². The van der Waals surface area contributed by atoms with Crippen LogP contribution in [0.15, 0.2) is 0 Å². The van der Waals surface area contributed by atoms with E-state index in [9.17, 15) is 9.59 Å². The van der Waals surface area contributed by atoms with Gasteiger partial charge in [0.15, 0.2) is 6.10 Å². The number of methoxy groups -OCH3 is 1. The van der Waals surface area contributed by atoms with Crippen molar-refractivity contribution in [2.75, 3.05) is 39.9 Å². The van der Waals surface area contributed by atoms with Crippen LogP contribution in [0.25, 0.3) is 0 Å². The third-order valence-electron chi connectivity index (χ3n) is 3.68. The van der Waals surface area contributed by atoms with Gasteiger partial charge in [-0.1, -0.05) is 12.8 Å². The van der Waals surface area contributed by atoms with Crippen LogP contribution in [-0.2, 0) is 14.3 Å². The third-order valence-corrected chi connectivity index (χ3v) is 3.68. The minimum Gasteiger partial charge on any atom is -0.467 e. The number of likely N-dealkylation sites (tertiary alicyclic amines) is 1. The van der Waals surface area contributed by atoms with Crippen LogP contribution in [0, 0.1) is 0 Å². The summed E-state index contributed by atoms with van der Waals surface area (Å²) >= 11 is 0. The van der Waals surface area contributed by atoms with Crippen molar-refractivity contribution in [1.29, 1.82) is 0 Å². The Bertz CT molecular complexity index is 327. The molecule has 0 radical (unpaired) electrons. The summed E-state index contributed by atoms with van der Waals surface area (Å²) in [4.78, 5) is 27.5. The van der Waals surface area contributed by atoms with E-state index in [0.717, 1.165) is 25.9 Å². The van der Waals surface area contributed by atoms with Gasteiger partial charge in [-0.3, -0.25) is 0 Å². The molecule has 2 rings (SSSR count). The lowest BCUT2D eigenvalue weighted by Gasteiger charge is -2.35. The Morgan fingerprint density at radius 2 is 1.74 bits per heavy atom. The summed E-state index contributed by atoms with van der Waals surface area (Å²) in [6, 6.07) is 0.0269. The fourth-order valence-corrected chi connectivity index (χ4v) is 2.56. The second-order valence-corrected chi connectivity index (χ2v) is 5.01. The molecular weight excluding hydrogens is 248 g/mol. The van der Waals surface area contributed by atoms with Crippen LogP contribution >= 0.6 is 0 Å². The highest BCUT2D eigenvalue weighted by Gasteiger charge is 2.32. The van der Waals surface area contributed by atoms with E-state index in [1.165, 1.54) is 20.0 Å². The first-order chi connectivity index (χ1) is 9.22. The van der Waals surface area contributed by atoms with Crippen LogP contribution in [0.5, 0.6) is 0 Å². The molecule has 1 unspecified atom stereocenters. The molecule has 6 nitrogen and oxygen atoms in total. The number of nitrogens with zero attached hydrogens (tertiary/aromatic N) is 2. The third kappa shape index (κ3) is 3.59. The molecule has 0 aromatic heterocycles. The largest absolute Gasteiger partial charge is 0.467 e. The predicted molar refractivity (Wildman–Crippen MR) is 68.8 cm³/mol. The molecule has 0 spiro atoms. The lowest BCUT2D eigenvalue weighted by atomic mass is 10.2. The minimum atomic E-state index is -0.644. The number of ether oxygens (including phenoxy) is 2. The molecular formula is C13H22N2O4. The Morgan fingerprint density at radius 1 is 1.05 bits per heavy atom. The number of carbonyl (C=O) groups is 2. The molecule has 0 saturated carbocycles. The molecule has 6 heteroatoms. The Kier molecular flexibility index (Phi) is 5.01. The van der Waals surface area contributed by atoms with Gasteiger partial charge in [-0.15, -0.1) is 0 Å². The van der Waals surface area contributed by atoms with Crippen molar-refractivity contribution in [2.45, 2.75) is 31.8 Å². The van der Waals surface area contributed by atoms with Gasteiger partial charge in [0, 0.05) is 19.6 Å². The van der Waals surface area contributed by atoms with Crippen LogP contribution < -0.4 is 0 Å². The van der Waals surface area contributed by atoms with E-state index in [4.69, 9.17) is 4.74 Å². The van der Waals surface area contributed by atoms with Crippen molar-refractivity contribution >= 4 is 12.0 Å². The molecule has 19 heavy (non-hydrogen) atoms. The standard InChI is InChI=1S/C13H22N2O4/c1-18-12(16)11-10-15(8-9-19-11)13(17)14-6-4-2-3-5-7-14/h11H,2-10H2,1H3. The maximum absolute atomic E-state index is 12.4. The summed E-state index contributed by atoms with van der Waals surface area (Å²) in [5, 5.41) is 0. The molecule has 1 atom stereocenters.